The molecule has 3 aliphatic heterocycles. The van der Waals surface area contributed by atoms with Crippen molar-refractivity contribution in [2.45, 2.75) is 96.3 Å². The lowest BCUT2D eigenvalue weighted by atomic mass is 9.92. The molecule has 5 atom stereocenters. The van der Waals surface area contributed by atoms with Crippen LogP contribution in [0.4, 0.5) is 0 Å². The molecule has 0 bridgehead atoms. The molecule has 242 valence electrons. The van der Waals surface area contributed by atoms with E-state index in [0.717, 1.165) is 62.7 Å². The van der Waals surface area contributed by atoms with Gasteiger partial charge in [0.2, 0.25) is 11.8 Å². The van der Waals surface area contributed by atoms with E-state index >= 15 is 0 Å². The van der Waals surface area contributed by atoms with Gasteiger partial charge in [0.15, 0.2) is 0 Å². The molecule has 2 saturated heterocycles. The number of aliphatic hydroxyl groups is 1. The van der Waals surface area contributed by atoms with Gasteiger partial charge in [-0.15, -0.1) is 11.8 Å². The van der Waals surface area contributed by atoms with E-state index in [4.69, 9.17) is 0 Å². The van der Waals surface area contributed by atoms with Crippen LogP contribution in [0.5, 0.6) is 0 Å². The smallest absolute Gasteiger partial charge is 0.303 e. The Morgan fingerprint density at radius 3 is 2.11 bits per heavy atom. The summed E-state index contributed by atoms with van der Waals surface area (Å²) in [6.45, 7) is 9.79. The van der Waals surface area contributed by atoms with E-state index in [2.05, 4.69) is 20.6 Å². The number of carbonyl (C=O) groups excluding carboxylic acids is 2. The summed E-state index contributed by atoms with van der Waals surface area (Å²) in [5.41, 5.74) is 8.85. The lowest BCUT2D eigenvalue weighted by Crippen LogP contribution is -2.31. The number of H-pyrrole nitrogens is 2. The molecular weight excluding hydrogens is 596 g/mol. The molecule has 5 heterocycles. The first-order valence-electron chi connectivity index (χ1n) is 15.5. The number of hydrogen-bond donors (Lipinski definition) is 7. The molecule has 0 aromatic carbocycles. The van der Waals surface area contributed by atoms with Crippen LogP contribution in [0.15, 0.2) is 16.8 Å². The number of thioether (sulfide) groups is 1. The number of carbonyl (C=O) groups is 4. The van der Waals surface area contributed by atoms with Crippen molar-refractivity contribution in [1.82, 2.24) is 20.6 Å². The molecule has 2 fully saturated rings. The summed E-state index contributed by atoms with van der Waals surface area (Å²) in [7, 11) is 0. The number of amides is 2. The molecule has 3 aliphatic rings. The second-order valence-electron chi connectivity index (χ2n) is 12.4. The number of aromatic amines is 2. The minimum atomic E-state index is -0.903. The number of aromatic nitrogens is 2. The molecule has 7 N–H and O–H groups in total. The molecular formula is C33H42N4O7S. The van der Waals surface area contributed by atoms with Gasteiger partial charge in [-0.2, -0.15) is 0 Å². The van der Waals surface area contributed by atoms with Crippen LogP contribution >= 0.6 is 11.8 Å². The van der Waals surface area contributed by atoms with Gasteiger partial charge < -0.3 is 35.9 Å². The van der Waals surface area contributed by atoms with Gasteiger partial charge in [0.25, 0.3) is 0 Å². The van der Waals surface area contributed by atoms with Crippen LogP contribution in [0.25, 0.3) is 6.08 Å². The third-order valence-electron chi connectivity index (χ3n) is 9.69. The SMILES string of the molecule is CC[C@H]1/C(=C/c2[nH]c(Cc3[nH]c(C[C@H]4NC(=O)C([C@H]5S[C@@H]5O)=C4C)c(C)c3CCC(=O)O)c(CCC(=O)O)c2C)NC(=O)[C@@H]1C. The topological polar surface area (TPSA) is 185 Å². The van der Waals surface area contributed by atoms with Crippen LogP contribution in [0.3, 0.4) is 0 Å². The monoisotopic (exact) mass is 638 g/mol. The van der Waals surface area contributed by atoms with E-state index in [-0.39, 0.29) is 47.8 Å². The lowest BCUT2D eigenvalue weighted by molar-refractivity contribution is -0.138. The van der Waals surface area contributed by atoms with E-state index in [1.165, 1.54) is 11.8 Å². The van der Waals surface area contributed by atoms with Gasteiger partial charge in [0.1, 0.15) is 5.44 Å². The Morgan fingerprint density at radius 1 is 0.933 bits per heavy atom. The average Bonchev–Trinajstić information content (AvgIpc) is 3.20. The van der Waals surface area contributed by atoms with Gasteiger partial charge in [0.05, 0.1) is 11.3 Å². The van der Waals surface area contributed by atoms with E-state index in [1.54, 1.807) is 0 Å². The Labute approximate surface area is 266 Å². The van der Waals surface area contributed by atoms with Crippen LogP contribution in [0.1, 0.15) is 85.1 Å². The number of aliphatic carboxylic acids is 2. The van der Waals surface area contributed by atoms with Crippen molar-refractivity contribution in [2.75, 3.05) is 0 Å². The third-order valence-corrected chi connectivity index (χ3v) is 10.7. The molecule has 2 aromatic rings. The first-order valence-corrected chi connectivity index (χ1v) is 16.4. The van der Waals surface area contributed by atoms with E-state index in [0.29, 0.717) is 31.3 Å². The quantitative estimate of drug-likeness (QED) is 0.163. The second kappa shape index (κ2) is 12.9. The molecule has 0 saturated carbocycles. The molecule has 2 aromatic heterocycles. The summed E-state index contributed by atoms with van der Waals surface area (Å²) in [4.78, 5) is 55.3. The van der Waals surface area contributed by atoms with Crippen molar-refractivity contribution in [1.29, 1.82) is 0 Å². The van der Waals surface area contributed by atoms with Crippen molar-refractivity contribution >= 4 is 41.6 Å². The first-order chi connectivity index (χ1) is 21.3. The van der Waals surface area contributed by atoms with Crippen LogP contribution in [0.2, 0.25) is 0 Å². The molecule has 2 amide bonds. The third kappa shape index (κ3) is 6.62. The lowest BCUT2D eigenvalue weighted by Gasteiger charge is -2.12. The fourth-order valence-electron chi connectivity index (χ4n) is 6.91. The zero-order valence-corrected chi connectivity index (χ0v) is 27.1. The number of allylic oxidation sites excluding steroid dienone is 1. The van der Waals surface area contributed by atoms with E-state index in [1.807, 2.05) is 40.7 Å². The Morgan fingerprint density at radius 2 is 1.53 bits per heavy atom. The largest absolute Gasteiger partial charge is 0.481 e. The highest BCUT2D eigenvalue weighted by molar-refractivity contribution is 8.07. The molecule has 0 radical (unpaired) electrons. The van der Waals surface area contributed by atoms with Crippen LogP contribution in [-0.2, 0) is 44.9 Å². The highest BCUT2D eigenvalue weighted by Gasteiger charge is 2.47. The number of carboxylic acids is 2. The minimum Gasteiger partial charge on any atom is -0.481 e. The Bertz CT molecular complexity index is 1620. The Kier molecular flexibility index (Phi) is 9.36. The number of nitrogens with one attached hydrogen (secondary N) is 4. The molecule has 0 aliphatic carbocycles. The molecule has 0 spiro atoms. The number of carboxylic acid groups (broad SMARTS) is 2. The normalized spacial score (nSPS) is 25.3. The Balaban J connectivity index is 1.50. The predicted molar refractivity (Wildman–Crippen MR) is 171 cm³/mol. The zero-order chi connectivity index (χ0) is 32.7. The van der Waals surface area contributed by atoms with E-state index in [9.17, 15) is 34.5 Å². The fraction of sp³-hybridized carbons (Fsp3) is 0.515. The van der Waals surface area contributed by atoms with Gasteiger partial charge in [-0.25, -0.2) is 0 Å². The van der Waals surface area contributed by atoms with Gasteiger partial charge >= 0.3 is 11.9 Å². The standard InChI is InChI=1S/C33H42N4O7S/c1-6-18-16(4)31(42)37-24(18)12-22-15(3)20(8-10-28(40)41)26(35-22)13-25-19(7-9-27(38)39)14(2)21(34-25)11-23-17(5)29(32(43)36-23)30-33(44)45-30/h12,16,18,23,30,33-35,44H,6-11,13H2,1-5H3,(H,36,43)(H,37,42)(H,38,39)(H,40,41)/b24-12-/t16-,18-,23-,30-,33+/m1/s1. The minimum absolute atomic E-state index is 0.0104. The fourth-order valence-corrected chi connectivity index (χ4v) is 7.68. The van der Waals surface area contributed by atoms with Gasteiger partial charge in [0, 0.05) is 71.6 Å². The highest BCUT2D eigenvalue weighted by Crippen LogP contribution is 2.47. The molecule has 11 nitrogen and oxygen atoms in total. The number of hydrogen-bond acceptors (Lipinski definition) is 6. The maximum atomic E-state index is 12.7. The number of aliphatic hydroxyl groups excluding tert-OH is 1. The summed E-state index contributed by atoms with van der Waals surface area (Å²) >= 11 is 1.35. The number of rotatable bonds is 13. The summed E-state index contributed by atoms with van der Waals surface area (Å²) < 4.78 is 0. The summed E-state index contributed by atoms with van der Waals surface area (Å²) in [6, 6.07) is -0.244. The van der Waals surface area contributed by atoms with Crippen LogP contribution < -0.4 is 10.6 Å². The van der Waals surface area contributed by atoms with Gasteiger partial charge in [-0.1, -0.05) is 13.8 Å². The molecule has 12 heteroatoms. The van der Waals surface area contributed by atoms with Crippen molar-refractivity contribution in [2.24, 2.45) is 11.8 Å². The van der Waals surface area contributed by atoms with Crippen LogP contribution in [-0.4, -0.2) is 65.8 Å². The van der Waals surface area contributed by atoms with Crippen molar-refractivity contribution < 1.29 is 34.5 Å². The van der Waals surface area contributed by atoms with Gasteiger partial charge in [-0.3, -0.25) is 19.2 Å². The van der Waals surface area contributed by atoms with E-state index < -0.39 is 17.4 Å². The summed E-state index contributed by atoms with van der Waals surface area (Å²) in [5, 5.41) is 34.7. The molecule has 5 rings (SSSR count). The second-order valence-corrected chi connectivity index (χ2v) is 13.7. The maximum absolute atomic E-state index is 12.7. The van der Waals surface area contributed by atoms with Crippen molar-refractivity contribution in [3.63, 3.8) is 0 Å². The van der Waals surface area contributed by atoms with Crippen molar-refractivity contribution in [3.05, 3.63) is 61.9 Å². The maximum Gasteiger partial charge on any atom is 0.303 e. The molecule has 0 unspecified atom stereocenters. The highest BCUT2D eigenvalue weighted by atomic mass is 32.2. The summed E-state index contributed by atoms with van der Waals surface area (Å²) in [5.74, 6) is -2.04. The zero-order valence-electron chi connectivity index (χ0n) is 26.3. The first kappa shape index (κ1) is 32.6. The van der Waals surface area contributed by atoms with Crippen LogP contribution in [0, 0.1) is 25.7 Å². The molecule has 45 heavy (non-hydrogen) atoms. The predicted octanol–water partition coefficient (Wildman–Crippen LogP) is 3.51. The van der Waals surface area contributed by atoms with Gasteiger partial charge in [-0.05, 0) is 73.9 Å². The average molecular weight is 639 g/mol. The Hall–Kier alpha value is -3.77. The summed E-state index contributed by atoms with van der Waals surface area (Å²) in [6.07, 6.45) is 4.20. The van der Waals surface area contributed by atoms with Crippen molar-refractivity contribution in [3.8, 4) is 0 Å².